The molecule has 4 rings (SSSR count). The molecule has 3 heterocycles. The summed E-state index contributed by atoms with van der Waals surface area (Å²) < 4.78 is 46.0. The van der Waals surface area contributed by atoms with E-state index in [1.807, 2.05) is 14.0 Å². The van der Waals surface area contributed by atoms with Gasteiger partial charge in [-0.05, 0) is 57.1 Å². The number of aromatic nitrogens is 1. The first-order valence-electron chi connectivity index (χ1n) is 10.7. The third-order valence-electron chi connectivity index (χ3n) is 7.01. The molecule has 6 nitrogen and oxygen atoms in total. The van der Waals surface area contributed by atoms with Crippen LogP contribution in [0.15, 0.2) is 30.3 Å². The van der Waals surface area contributed by atoms with E-state index in [2.05, 4.69) is 4.90 Å². The second-order valence-corrected chi connectivity index (χ2v) is 9.08. The molecule has 1 amide bonds. The zero-order valence-corrected chi connectivity index (χ0v) is 19.3. The summed E-state index contributed by atoms with van der Waals surface area (Å²) in [4.78, 5) is 28.9. The van der Waals surface area contributed by atoms with E-state index in [9.17, 15) is 22.8 Å². The lowest BCUT2D eigenvalue weighted by Gasteiger charge is -2.53. The number of methoxy groups -OCH3 is 1. The van der Waals surface area contributed by atoms with Gasteiger partial charge in [0, 0.05) is 36.9 Å². The molecule has 1 aromatic carbocycles. The molecule has 0 N–H and O–H groups in total. The highest BCUT2D eigenvalue weighted by atomic mass is 35.5. The molecule has 0 bridgehead atoms. The summed E-state index contributed by atoms with van der Waals surface area (Å²) >= 11 is 6.17. The minimum absolute atomic E-state index is 0.0765. The molecule has 178 valence electrons. The largest absolute Gasteiger partial charge is 0.495 e. The van der Waals surface area contributed by atoms with Crippen LogP contribution in [-0.4, -0.2) is 65.5 Å². The Morgan fingerprint density at radius 3 is 2.39 bits per heavy atom. The van der Waals surface area contributed by atoms with Crippen LogP contribution in [0.1, 0.15) is 46.3 Å². The number of piperidine rings is 1. The number of hydrogen-bond donors (Lipinski definition) is 0. The van der Waals surface area contributed by atoms with Crippen LogP contribution in [0.25, 0.3) is 0 Å². The third kappa shape index (κ3) is 3.91. The van der Waals surface area contributed by atoms with Crippen molar-refractivity contribution < 1.29 is 27.5 Å². The molecular weight excluding hydrogens is 459 g/mol. The fraction of sp³-hybridized carbons (Fsp3) is 0.478. The van der Waals surface area contributed by atoms with E-state index < -0.39 is 17.5 Å². The first kappa shape index (κ1) is 23.6. The van der Waals surface area contributed by atoms with Gasteiger partial charge in [-0.1, -0.05) is 11.6 Å². The average Bonchev–Trinajstić information content (AvgIpc) is 3.20. The molecule has 1 aromatic heterocycles. The SMILES string of the molecule is COc1ccc(C(=O)N2CCC3(CC2)c2ccc(C(=O)C(F)(F)F)n2C[C@@H](C)N3C)cc1Cl. The number of likely N-dealkylation sites (tertiary alicyclic amines) is 1. The molecule has 1 fully saturated rings. The number of amides is 1. The summed E-state index contributed by atoms with van der Waals surface area (Å²) in [6.07, 6.45) is -3.86. The Hall–Kier alpha value is -2.52. The number of carbonyl (C=O) groups excluding carboxylic acids is 2. The van der Waals surface area contributed by atoms with Crippen LogP contribution < -0.4 is 4.74 Å². The van der Waals surface area contributed by atoms with Gasteiger partial charge in [0.2, 0.25) is 0 Å². The first-order chi connectivity index (χ1) is 15.5. The van der Waals surface area contributed by atoms with Crippen molar-refractivity contribution in [2.45, 2.75) is 44.1 Å². The number of ketones is 1. The van der Waals surface area contributed by atoms with E-state index in [-0.39, 0.29) is 17.6 Å². The van der Waals surface area contributed by atoms with Gasteiger partial charge in [0.1, 0.15) is 5.75 Å². The van der Waals surface area contributed by atoms with E-state index >= 15 is 0 Å². The maximum absolute atomic E-state index is 13.1. The predicted octanol–water partition coefficient (Wildman–Crippen LogP) is 4.36. The number of ether oxygens (including phenoxy) is 1. The number of nitrogens with zero attached hydrogens (tertiary/aromatic N) is 3. The summed E-state index contributed by atoms with van der Waals surface area (Å²) in [7, 11) is 3.45. The molecule has 0 aliphatic carbocycles. The van der Waals surface area contributed by atoms with Crippen LogP contribution in [0.5, 0.6) is 5.75 Å². The van der Waals surface area contributed by atoms with Crippen molar-refractivity contribution in [3.63, 3.8) is 0 Å². The first-order valence-corrected chi connectivity index (χ1v) is 11.0. The lowest BCUT2D eigenvalue weighted by molar-refractivity contribution is -0.0894. The fourth-order valence-electron chi connectivity index (χ4n) is 5.07. The van der Waals surface area contributed by atoms with Crippen molar-refractivity contribution in [1.29, 1.82) is 0 Å². The Morgan fingerprint density at radius 2 is 1.82 bits per heavy atom. The normalized spacial score (nSPS) is 20.6. The second-order valence-electron chi connectivity index (χ2n) is 8.67. The topological polar surface area (TPSA) is 54.8 Å². The monoisotopic (exact) mass is 483 g/mol. The van der Waals surface area contributed by atoms with Crippen LogP contribution in [0.3, 0.4) is 0 Å². The number of fused-ring (bicyclic) bond motifs is 2. The molecule has 0 saturated carbocycles. The number of Topliss-reactive ketones (excluding diaryl/α,β-unsaturated/α-hetero) is 1. The number of benzene rings is 1. The molecule has 1 atom stereocenters. The Morgan fingerprint density at radius 1 is 1.15 bits per heavy atom. The quantitative estimate of drug-likeness (QED) is 0.609. The second kappa shape index (κ2) is 8.36. The highest BCUT2D eigenvalue weighted by molar-refractivity contribution is 6.32. The summed E-state index contributed by atoms with van der Waals surface area (Å²) in [6, 6.07) is 7.70. The lowest BCUT2D eigenvalue weighted by Crippen LogP contribution is -2.59. The molecule has 0 unspecified atom stereocenters. The highest BCUT2D eigenvalue weighted by Crippen LogP contribution is 2.44. The van der Waals surface area contributed by atoms with E-state index in [1.165, 1.54) is 17.7 Å². The van der Waals surface area contributed by atoms with Gasteiger partial charge in [-0.15, -0.1) is 0 Å². The van der Waals surface area contributed by atoms with E-state index in [1.54, 1.807) is 29.2 Å². The molecule has 0 radical (unpaired) electrons. The number of carbonyl (C=O) groups is 2. The van der Waals surface area contributed by atoms with Crippen molar-refractivity contribution in [1.82, 2.24) is 14.4 Å². The third-order valence-corrected chi connectivity index (χ3v) is 7.30. The van der Waals surface area contributed by atoms with Gasteiger partial charge in [-0.25, -0.2) is 0 Å². The molecule has 1 saturated heterocycles. The molecule has 2 aliphatic rings. The summed E-state index contributed by atoms with van der Waals surface area (Å²) in [5.41, 5.74) is 0.248. The molecular formula is C23H25ClF3N3O3. The molecule has 10 heteroatoms. The molecule has 2 aliphatic heterocycles. The van der Waals surface area contributed by atoms with Crippen molar-refractivity contribution in [2.75, 3.05) is 27.2 Å². The van der Waals surface area contributed by atoms with E-state index in [4.69, 9.17) is 16.3 Å². The highest BCUT2D eigenvalue weighted by Gasteiger charge is 2.49. The smallest absolute Gasteiger partial charge is 0.456 e. The minimum Gasteiger partial charge on any atom is -0.495 e. The van der Waals surface area contributed by atoms with E-state index in [0.717, 1.165) is 0 Å². The van der Waals surface area contributed by atoms with Gasteiger partial charge in [-0.2, -0.15) is 13.2 Å². The number of likely N-dealkylation sites (N-methyl/N-ethyl adjacent to an activating group) is 1. The van der Waals surface area contributed by atoms with Gasteiger partial charge < -0.3 is 14.2 Å². The molecule has 2 aromatic rings. The van der Waals surface area contributed by atoms with Crippen molar-refractivity contribution >= 4 is 23.3 Å². The van der Waals surface area contributed by atoms with Crippen LogP contribution in [0, 0.1) is 0 Å². The van der Waals surface area contributed by atoms with Gasteiger partial charge in [0.15, 0.2) is 0 Å². The molecule has 1 spiro atoms. The van der Waals surface area contributed by atoms with Crippen molar-refractivity contribution in [2.24, 2.45) is 0 Å². The fourth-order valence-corrected chi connectivity index (χ4v) is 5.33. The number of hydrogen-bond acceptors (Lipinski definition) is 4. The van der Waals surface area contributed by atoms with Crippen LogP contribution in [0.4, 0.5) is 13.2 Å². The molecule has 33 heavy (non-hydrogen) atoms. The number of halogens is 4. The lowest BCUT2D eigenvalue weighted by atomic mass is 9.80. The Balaban J connectivity index is 1.60. The number of rotatable bonds is 3. The Labute approximate surface area is 194 Å². The summed E-state index contributed by atoms with van der Waals surface area (Å²) in [5, 5.41) is 0.345. The maximum Gasteiger partial charge on any atom is 0.456 e. The van der Waals surface area contributed by atoms with Crippen LogP contribution in [0.2, 0.25) is 5.02 Å². The van der Waals surface area contributed by atoms with Crippen LogP contribution in [-0.2, 0) is 12.1 Å². The van der Waals surface area contributed by atoms with Crippen molar-refractivity contribution in [3.05, 3.63) is 52.3 Å². The standard InChI is InChI=1S/C23H25ClF3N3O3/c1-14-13-30-17(20(31)23(25,26)27)5-7-19(30)22(28(14)2)8-10-29(11-9-22)21(32)15-4-6-18(33-3)16(24)12-15/h4-7,12,14H,8-11,13H2,1-3H3/t14-/m1/s1. The summed E-state index contributed by atoms with van der Waals surface area (Å²) in [5.74, 6) is -1.51. The van der Waals surface area contributed by atoms with Crippen LogP contribution >= 0.6 is 11.6 Å². The maximum atomic E-state index is 13.1. The zero-order valence-electron chi connectivity index (χ0n) is 18.6. The van der Waals surface area contributed by atoms with Crippen molar-refractivity contribution in [3.8, 4) is 5.75 Å². The minimum atomic E-state index is -4.93. The van der Waals surface area contributed by atoms with Gasteiger partial charge >= 0.3 is 6.18 Å². The van der Waals surface area contributed by atoms with Gasteiger partial charge in [-0.3, -0.25) is 14.5 Å². The van der Waals surface area contributed by atoms with Gasteiger partial charge in [0.05, 0.1) is 23.4 Å². The average molecular weight is 484 g/mol. The number of alkyl halides is 3. The van der Waals surface area contributed by atoms with Gasteiger partial charge in [0.25, 0.3) is 11.7 Å². The van der Waals surface area contributed by atoms with E-state index in [0.29, 0.717) is 54.5 Å². The Bertz CT molecular complexity index is 1090. The summed E-state index contributed by atoms with van der Waals surface area (Å²) in [6.45, 7) is 3.08. The predicted molar refractivity (Wildman–Crippen MR) is 117 cm³/mol. The Kier molecular flexibility index (Phi) is 5.99. The zero-order chi connectivity index (χ0) is 24.1.